The highest BCUT2D eigenvalue weighted by atomic mass is 127. The molecule has 0 saturated carbocycles. The van der Waals surface area contributed by atoms with Crippen molar-refractivity contribution in [1.29, 1.82) is 0 Å². The van der Waals surface area contributed by atoms with Crippen molar-refractivity contribution in [1.82, 2.24) is 5.06 Å². The maximum Gasteiger partial charge on any atom is 0.0724 e. The van der Waals surface area contributed by atoms with E-state index in [1.54, 1.807) is 0 Å². The van der Waals surface area contributed by atoms with E-state index in [0.717, 1.165) is 32.8 Å². The van der Waals surface area contributed by atoms with Crippen LogP contribution in [0.1, 0.15) is 48.9 Å². The first-order valence-corrected chi connectivity index (χ1v) is 11.3. The maximum absolute atomic E-state index is 13.4. The van der Waals surface area contributed by atoms with Crippen molar-refractivity contribution in [2.45, 2.75) is 46.6 Å². The van der Waals surface area contributed by atoms with Crippen LogP contribution in [0.25, 0.3) is 0 Å². The third kappa shape index (κ3) is 3.15. The molecule has 2 unspecified atom stereocenters. The first kappa shape index (κ1) is 18.6. The van der Waals surface area contributed by atoms with Gasteiger partial charge >= 0.3 is 0 Å². The molecule has 1 heterocycles. The molecule has 1 aliphatic rings. The van der Waals surface area contributed by atoms with Gasteiger partial charge in [0.05, 0.1) is 11.1 Å². The Morgan fingerprint density at radius 1 is 0.792 bits per heavy atom. The summed E-state index contributed by atoms with van der Waals surface area (Å²) >= 11 is 4.73. The van der Waals surface area contributed by atoms with Crippen LogP contribution in [-0.2, 0) is 25.1 Å². The van der Waals surface area contributed by atoms with Crippen LogP contribution in [0.4, 0.5) is 0 Å². The van der Waals surface area contributed by atoms with Crippen molar-refractivity contribution >= 4 is 45.2 Å². The van der Waals surface area contributed by atoms with Gasteiger partial charge in [0.2, 0.25) is 0 Å². The Kier molecular flexibility index (Phi) is 5.59. The number of rotatable bonds is 4. The number of benzene rings is 2. The molecule has 0 aromatic heterocycles. The predicted molar refractivity (Wildman–Crippen MR) is 115 cm³/mol. The molecule has 1 aliphatic heterocycles. The monoisotopic (exact) mass is 546 g/mol. The van der Waals surface area contributed by atoms with Gasteiger partial charge in [-0.3, -0.25) is 0 Å². The molecule has 2 aromatic rings. The lowest BCUT2D eigenvalue weighted by atomic mass is 9.89. The quantitative estimate of drug-likeness (QED) is 0.335. The Bertz CT molecular complexity index is 639. The molecule has 1 radical (unpaired) electrons. The van der Waals surface area contributed by atoms with Crippen molar-refractivity contribution in [3.63, 3.8) is 0 Å². The maximum atomic E-state index is 13.4. The smallest absolute Gasteiger partial charge is 0.0724 e. The summed E-state index contributed by atoms with van der Waals surface area (Å²) in [6.45, 7) is 4.17. The zero-order valence-electron chi connectivity index (χ0n) is 14.1. The minimum Gasteiger partial charge on any atom is -0.135 e. The molecule has 2 nitrogen and oxygen atoms in total. The summed E-state index contributed by atoms with van der Waals surface area (Å²) < 4.78 is 1.99. The average molecular weight is 546 g/mol. The van der Waals surface area contributed by atoms with Crippen molar-refractivity contribution in [3.05, 3.63) is 70.8 Å². The number of hydrogen-bond donors (Lipinski definition) is 0. The molecule has 3 rings (SSSR count). The van der Waals surface area contributed by atoms with Crippen molar-refractivity contribution in [2.24, 2.45) is 0 Å². The Hall–Kier alpha value is -0.180. The summed E-state index contributed by atoms with van der Waals surface area (Å²) in [6.07, 6.45) is 1.76. The second-order valence-electron chi connectivity index (χ2n) is 7.00. The number of nitrogens with zero attached hydrogens (tertiary/aromatic N) is 1. The fourth-order valence-electron chi connectivity index (χ4n) is 3.66. The van der Waals surface area contributed by atoms with E-state index in [1.807, 2.05) is 0 Å². The van der Waals surface area contributed by atoms with Gasteiger partial charge in [-0.2, -0.15) is 0 Å². The molecule has 0 bridgehead atoms. The number of alkyl halides is 2. The minimum absolute atomic E-state index is 0.458. The summed E-state index contributed by atoms with van der Waals surface area (Å²) in [5.74, 6) is 0. The first-order chi connectivity index (χ1) is 11.4. The SMILES string of the molecule is CC1(c2ccc(CI)cc2)CCC(C)(c2ccc(CI)cc2)N1[O]. The molecule has 0 N–H and O–H groups in total. The molecule has 24 heavy (non-hydrogen) atoms. The highest BCUT2D eigenvalue weighted by Gasteiger charge is 2.52. The molecule has 127 valence electrons. The highest BCUT2D eigenvalue weighted by molar-refractivity contribution is 14.1. The highest BCUT2D eigenvalue weighted by Crippen LogP contribution is 2.50. The van der Waals surface area contributed by atoms with Crippen LogP contribution in [0, 0.1) is 0 Å². The van der Waals surface area contributed by atoms with Gasteiger partial charge in [0.15, 0.2) is 0 Å². The molecule has 2 aromatic carbocycles. The van der Waals surface area contributed by atoms with Crippen LogP contribution in [0.15, 0.2) is 48.5 Å². The summed E-state index contributed by atoms with van der Waals surface area (Å²) in [4.78, 5) is 0. The molecule has 0 spiro atoms. The van der Waals surface area contributed by atoms with E-state index in [9.17, 15) is 5.21 Å². The van der Waals surface area contributed by atoms with Crippen LogP contribution in [0.2, 0.25) is 0 Å². The van der Waals surface area contributed by atoms with E-state index in [2.05, 4.69) is 108 Å². The Labute approximate surface area is 171 Å². The lowest BCUT2D eigenvalue weighted by Crippen LogP contribution is -2.44. The van der Waals surface area contributed by atoms with E-state index in [-0.39, 0.29) is 0 Å². The Morgan fingerprint density at radius 3 is 1.42 bits per heavy atom. The predicted octanol–water partition coefficient (Wildman–Crippen LogP) is 6.13. The van der Waals surface area contributed by atoms with E-state index < -0.39 is 11.1 Å². The molecule has 4 heteroatoms. The van der Waals surface area contributed by atoms with Crippen LogP contribution in [0.5, 0.6) is 0 Å². The number of hydroxylamine groups is 2. The molecule has 0 amide bonds. The minimum atomic E-state index is -0.458. The normalized spacial score (nSPS) is 27.5. The van der Waals surface area contributed by atoms with E-state index in [4.69, 9.17) is 0 Å². The average Bonchev–Trinajstić information content (AvgIpc) is 2.88. The van der Waals surface area contributed by atoms with E-state index in [1.165, 1.54) is 16.2 Å². The second kappa shape index (κ2) is 7.21. The molecular formula is C20H22I2NO. The summed E-state index contributed by atoms with van der Waals surface area (Å²) in [5, 5.41) is 14.7. The van der Waals surface area contributed by atoms with E-state index >= 15 is 0 Å². The van der Waals surface area contributed by atoms with Gasteiger partial charge < -0.3 is 0 Å². The lowest BCUT2D eigenvalue weighted by molar-refractivity contribution is -0.260. The van der Waals surface area contributed by atoms with Gasteiger partial charge in [-0.05, 0) is 48.9 Å². The summed E-state index contributed by atoms with van der Waals surface area (Å²) in [7, 11) is 0. The standard InChI is InChI=1S/C20H22I2NO/c1-19(17-7-3-15(13-21)4-8-17)11-12-20(2,23(19)24)18-9-5-16(14-22)6-10-18/h3-10H,11-14H2,1-2H3. The van der Waals surface area contributed by atoms with Crippen LogP contribution in [-0.4, -0.2) is 5.06 Å². The zero-order chi connectivity index (χ0) is 17.4. The number of halogens is 2. The van der Waals surface area contributed by atoms with Gasteiger partial charge in [0.25, 0.3) is 0 Å². The van der Waals surface area contributed by atoms with E-state index in [0.29, 0.717) is 0 Å². The molecule has 0 aliphatic carbocycles. The van der Waals surface area contributed by atoms with Crippen LogP contribution >= 0.6 is 45.2 Å². The van der Waals surface area contributed by atoms with Gasteiger partial charge in [0.1, 0.15) is 0 Å². The zero-order valence-corrected chi connectivity index (χ0v) is 18.4. The van der Waals surface area contributed by atoms with Gasteiger partial charge in [-0.15, -0.1) is 10.3 Å². The fourth-order valence-corrected chi connectivity index (χ4v) is 4.68. The summed E-state index contributed by atoms with van der Waals surface area (Å²) in [6, 6.07) is 17.1. The Balaban J connectivity index is 1.92. The van der Waals surface area contributed by atoms with Gasteiger partial charge in [0, 0.05) is 8.86 Å². The number of hydrogen-bond acceptors (Lipinski definition) is 1. The fraction of sp³-hybridized carbons (Fsp3) is 0.400. The molecule has 2 atom stereocenters. The Morgan fingerprint density at radius 2 is 1.12 bits per heavy atom. The topological polar surface area (TPSA) is 23.1 Å². The second-order valence-corrected chi connectivity index (χ2v) is 8.53. The third-order valence-corrected chi connectivity index (χ3v) is 7.22. The van der Waals surface area contributed by atoms with Crippen molar-refractivity contribution in [3.8, 4) is 0 Å². The van der Waals surface area contributed by atoms with Crippen molar-refractivity contribution < 1.29 is 5.21 Å². The molecule has 1 fully saturated rings. The molecule has 1 saturated heterocycles. The van der Waals surface area contributed by atoms with Gasteiger partial charge in [-0.25, -0.2) is 0 Å². The van der Waals surface area contributed by atoms with Gasteiger partial charge in [-0.1, -0.05) is 93.7 Å². The first-order valence-electron chi connectivity index (χ1n) is 8.22. The summed E-state index contributed by atoms with van der Waals surface area (Å²) in [5.41, 5.74) is 3.93. The largest absolute Gasteiger partial charge is 0.135 e. The molecular weight excluding hydrogens is 524 g/mol. The van der Waals surface area contributed by atoms with Crippen LogP contribution < -0.4 is 0 Å². The third-order valence-electron chi connectivity index (χ3n) is 5.46. The van der Waals surface area contributed by atoms with Crippen LogP contribution in [0.3, 0.4) is 0 Å². The van der Waals surface area contributed by atoms with Crippen molar-refractivity contribution in [2.75, 3.05) is 0 Å². The lowest BCUT2D eigenvalue weighted by Gasteiger charge is -2.37.